The van der Waals surface area contributed by atoms with Gasteiger partial charge in [-0.1, -0.05) is 41.7 Å². The minimum Gasteiger partial charge on any atom is -0.494 e. The minimum atomic E-state index is 0.714. The lowest BCUT2D eigenvalue weighted by Gasteiger charge is -2.05. The molecule has 2 aromatic carbocycles. The number of hydrogen-bond acceptors (Lipinski definition) is 5. The lowest BCUT2D eigenvalue weighted by atomic mass is 10.1. The van der Waals surface area contributed by atoms with Crippen molar-refractivity contribution in [3.8, 4) is 16.9 Å². The number of nitrogens with one attached hydrogen (secondary N) is 1. The fraction of sp³-hybridized carbons (Fsp3) is 0.100. The molecule has 0 radical (unpaired) electrons. The third-order valence-corrected chi connectivity index (χ3v) is 5.05. The van der Waals surface area contributed by atoms with Crippen LogP contribution in [0.3, 0.4) is 0 Å². The number of rotatable bonds is 5. The zero-order valence-corrected chi connectivity index (χ0v) is 14.6. The quantitative estimate of drug-likeness (QED) is 0.553. The number of pyridine rings is 1. The molecular weight excluding hydrogens is 330 g/mol. The summed E-state index contributed by atoms with van der Waals surface area (Å²) in [5, 5.41) is 4.29. The number of hydrogen-bond donors (Lipinski definition) is 1. The molecule has 0 unspecified atom stereocenters. The molecular formula is C20H17N3OS. The third-order valence-electron chi connectivity index (χ3n) is 4.00. The van der Waals surface area contributed by atoms with Crippen molar-refractivity contribution in [1.82, 2.24) is 9.97 Å². The molecule has 4 aromatic rings. The van der Waals surface area contributed by atoms with Gasteiger partial charge in [-0.25, -0.2) is 4.98 Å². The average molecular weight is 347 g/mol. The smallest absolute Gasteiger partial charge is 0.184 e. The molecule has 4 rings (SSSR count). The predicted molar refractivity (Wildman–Crippen MR) is 103 cm³/mol. The molecule has 124 valence electrons. The fourth-order valence-corrected chi connectivity index (χ4v) is 3.76. The Morgan fingerprint density at radius 1 is 1.00 bits per heavy atom. The van der Waals surface area contributed by atoms with Crippen molar-refractivity contribution in [2.75, 3.05) is 12.4 Å². The minimum absolute atomic E-state index is 0.714. The molecule has 0 atom stereocenters. The van der Waals surface area contributed by atoms with Crippen molar-refractivity contribution in [3.63, 3.8) is 0 Å². The van der Waals surface area contributed by atoms with Gasteiger partial charge in [0.15, 0.2) is 5.13 Å². The Morgan fingerprint density at radius 2 is 1.80 bits per heavy atom. The van der Waals surface area contributed by atoms with Crippen molar-refractivity contribution < 1.29 is 4.74 Å². The molecule has 4 nitrogen and oxygen atoms in total. The van der Waals surface area contributed by atoms with E-state index < -0.39 is 0 Å². The van der Waals surface area contributed by atoms with Crippen molar-refractivity contribution in [2.45, 2.75) is 6.54 Å². The van der Waals surface area contributed by atoms with Gasteiger partial charge >= 0.3 is 0 Å². The van der Waals surface area contributed by atoms with Crippen LogP contribution in [0.15, 0.2) is 67.0 Å². The molecule has 2 aromatic heterocycles. The van der Waals surface area contributed by atoms with Crippen LogP contribution in [0.1, 0.15) is 5.56 Å². The van der Waals surface area contributed by atoms with E-state index in [4.69, 9.17) is 9.72 Å². The molecule has 0 fully saturated rings. The number of methoxy groups -OCH3 is 1. The number of aromatic nitrogens is 2. The largest absolute Gasteiger partial charge is 0.494 e. The number of benzene rings is 2. The van der Waals surface area contributed by atoms with E-state index in [9.17, 15) is 0 Å². The molecule has 2 heterocycles. The lowest BCUT2D eigenvalue weighted by Crippen LogP contribution is -1.98. The van der Waals surface area contributed by atoms with Crippen LogP contribution < -0.4 is 10.1 Å². The molecule has 0 saturated heterocycles. The first-order chi connectivity index (χ1) is 12.3. The zero-order valence-electron chi connectivity index (χ0n) is 13.8. The molecule has 0 bridgehead atoms. The van der Waals surface area contributed by atoms with Gasteiger partial charge in [-0.3, -0.25) is 4.98 Å². The number of fused-ring (bicyclic) bond motifs is 1. The average Bonchev–Trinajstić information content (AvgIpc) is 3.11. The van der Waals surface area contributed by atoms with E-state index in [1.54, 1.807) is 30.8 Å². The predicted octanol–water partition coefficient (Wildman–Crippen LogP) is 4.98. The van der Waals surface area contributed by atoms with Crippen molar-refractivity contribution >= 4 is 26.7 Å². The van der Waals surface area contributed by atoms with E-state index in [1.807, 2.05) is 24.3 Å². The Hall–Kier alpha value is -2.92. The van der Waals surface area contributed by atoms with Crippen LogP contribution in [-0.4, -0.2) is 17.1 Å². The standard InChI is InChI=1S/C20H17N3OS/c1-24-17-8-7-16(15-5-3-2-4-6-15)19-18(17)23-20(25-19)22-13-14-9-11-21-12-10-14/h2-12H,13H2,1H3,(H,22,23). The van der Waals surface area contributed by atoms with Gasteiger partial charge in [-0.15, -0.1) is 0 Å². The second-order valence-electron chi connectivity index (χ2n) is 5.59. The van der Waals surface area contributed by atoms with Crippen LogP contribution in [0.25, 0.3) is 21.3 Å². The first-order valence-electron chi connectivity index (χ1n) is 8.01. The molecule has 0 spiro atoms. The van der Waals surface area contributed by atoms with E-state index in [1.165, 1.54) is 16.7 Å². The molecule has 0 saturated carbocycles. The first-order valence-corrected chi connectivity index (χ1v) is 8.82. The number of thiazole rings is 1. The van der Waals surface area contributed by atoms with Crippen LogP contribution in [0.5, 0.6) is 5.75 Å². The van der Waals surface area contributed by atoms with Gasteiger partial charge in [-0.2, -0.15) is 0 Å². The van der Waals surface area contributed by atoms with E-state index >= 15 is 0 Å². The summed E-state index contributed by atoms with van der Waals surface area (Å²) >= 11 is 1.65. The van der Waals surface area contributed by atoms with E-state index in [-0.39, 0.29) is 0 Å². The normalized spacial score (nSPS) is 10.8. The lowest BCUT2D eigenvalue weighted by molar-refractivity contribution is 0.419. The molecule has 0 aliphatic rings. The second-order valence-corrected chi connectivity index (χ2v) is 6.59. The van der Waals surface area contributed by atoms with E-state index in [0.717, 1.165) is 21.1 Å². The topological polar surface area (TPSA) is 47.0 Å². The van der Waals surface area contributed by atoms with Crippen LogP contribution >= 0.6 is 11.3 Å². The SMILES string of the molecule is COc1ccc(-c2ccccc2)c2sc(NCc3ccncc3)nc12. The molecule has 5 heteroatoms. The van der Waals surface area contributed by atoms with Crippen molar-refractivity contribution in [2.24, 2.45) is 0 Å². The number of nitrogens with zero attached hydrogens (tertiary/aromatic N) is 2. The molecule has 0 amide bonds. The number of anilines is 1. The van der Waals surface area contributed by atoms with Gasteiger partial charge in [0.05, 0.1) is 11.8 Å². The van der Waals surface area contributed by atoms with Crippen molar-refractivity contribution in [3.05, 3.63) is 72.6 Å². The zero-order chi connectivity index (χ0) is 17.1. The molecule has 1 N–H and O–H groups in total. The first kappa shape index (κ1) is 15.6. The summed E-state index contributed by atoms with van der Waals surface area (Å²) in [4.78, 5) is 8.80. The molecule has 25 heavy (non-hydrogen) atoms. The van der Waals surface area contributed by atoms with Gasteiger partial charge in [-0.05, 0) is 35.4 Å². The second kappa shape index (κ2) is 6.91. The highest BCUT2D eigenvalue weighted by atomic mass is 32.1. The highest BCUT2D eigenvalue weighted by molar-refractivity contribution is 7.22. The van der Waals surface area contributed by atoms with Gasteiger partial charge in [0.2, 0.25) is 0 Å². The summed E-state index contributed by atoms with van der Waals surface area (Å²) in [5.74, 6) is 0.794. The Kier molecular flexibility index (Phi) is 4.31. The summed E-state index contributed by atoms with van der Waals surface area (Å²) in [6, 6.07) is 18.4. The highest BCUT2D eigenvalue weighted by Crippen LogP contribution is 2.39. The fourth-order valence-electron chi connectivity index (χ4n) is 2.75. The molecule has 0 aliphatic carbocycles. The van der Waals surface area contributed by atoms with Gasteiger partial charge in [0.25, 0.3) is 0 Å². The Labute approximate surface area is 150 Å². The summed E-state index contributed by atoms with van der Waals surface area (Å²) in [6.45, 7) is 0.714. The summed E-state index contributed by atoms with van der Waals surface area (Å²) in [6.07, 6.45) is 3.60. The highest BCUT2D eigenvalue weighted by Gasteiger charge is 2.14. The maximum absolute atomic E-state index is 5.50. The summed E-state index contributed by atoms with van der Waals surface area (Å²) in [7, 11) is 1.68. The van der Waals surface area contributed by atoms with E-state index in [2.05, 4.69) is 40.6 Å². The van der Waals surface area contributed by atoms with Gasteiger partial charge < -0.3 is 10.1 Å². The van der Waals surface area contributed by atoms with Gasteiger partial charge in [0.1, 0.15) is 11.3 Å². The molecule has 0 aliphatic heterocycles. The van der Waals surface area contributed by atoms with Crippen LogP contribution in [0.2, 0.25) is 0 Å². The monoisotopic (exact) mass is 347 g/mol. The van der Waals surface area contributed by atoms with Crippen LogP contribution in [0.4, 0.5) is 5.13 Å². The van der Waals surface area contributed by atoms with E-state index in [0.29, 0.717) is 6.54 Å². The summed E-state index contributed by atoms with van der Waals surface area (Å²) < 4.78 is 6.63. The van der Waals surface area contributed by atoms with Gasteiger partial charge in [0, 0.05) is 24.5 Å². The Morgan fingerprint density at radius 3 is 2.56 bits per heavy atom. The van der Waals surface area contributed by atoms with Crippen LogP contribution in [0, 0.1) is 0 Å². The van der Waals surface area contributed by atoms with Crippen LogP contribution in [-0.2, 0) is 6.54 Å². The number of ether oxygens (including phenoxy) is 1. The maximum Gasteiger partial charge on any atom is 0.184 e. The van der Waals surface area contributed by atoms with Crippen molar-refractivity contribution in [1.29, 1.82) is 0 Å². The maximum atomic E-state index is 5.50. The third kappa shape index (κ3) is 3.19. The Bertz CT molecular complexity index is 984. The Balaban J connectivity index is 1.73. The summed E-state index contributed by atoms with van der Waals surface area (Å²) in [5.41, 5.74) is 4.42.